The zero-order valence-electron chi connectivity index (χ0n) is 10.3. The second-order valence-corrected chi connectivity index (χ2v) is 4.95. The van der Waals surface area contributed by atoms with Crippen molar-refractivity contribution >= 4 is 18.3 Å². The summed E-state index contributed by atoms with van der Waals surface area (Å²) in [6.07, 6.45) is 5.48. The Kier molecular flexibility index (Phi) is 5.70. The molecule has 1 saturated heterocycles. The van der Waals surface area contributed by atoms with Gasteiger partial charge in [-0.25, -0.2) is 0 Å². The molecule has 1 amide bonds. The lowest BCUT2D eigenvalue weighted by molar-refractivity contribution is -0.147. The second kappa shape index (κ2) is 6.57. The topological polar surface area (TPSA) is 55.6 Å². The van der Waals surface area contributed by atoms with Crippen molar-refractivity contribution in [1.29, 1.82) is 0 Å². The molecule has 5 heteroatoms. The van der Waals surface area contributed by atoms with Crippen LogP contribution in [0.25, 0.3) is 0 Å². The second-order valence-electron chi connectivity index (χ2n) is 4.95. The van der Waals surface area contributed by atoms with E-state index in [0.29, 0.717) is 19.8 Å². The first-order valence-corrected chi connectivity index (χ1v) is 6.36. The number of hydrogen-bond acceptors (Lipinski definition) is 3. The Morgan fingerprint density at radius 1 is 1.18 bits per heavy atom. The molecule has 1 heterocycles. The van der Waals surface area contributed by atoms with Crippen LogP contribution >= 0.6 is 12.4 Å². The summed E-state index contributed by atoms with van der Waals surface area (Å²) < 4.78 is 5.28. The van der Waals surface area contributed by atoms with E-state index in [1.54, 1.807) is 0 Å². The Hall–Kier alpha value is -0.320. The van der Waals surface area contributed by atoms with E-state index < -0.39 is 0 Å². The van der Waals surface area contributed by atoms with Gasteiger partial charge in [0, 0.05) is 19.6 Å². The van der Waals surface area contributed by atoms with E-state index in [1.165, 1.54) is 6.42 Å². The van der Waals surface area contributed by atoms with Gasteiger partial charge in [0.1, 0.15) is 0 Å². The summed E-state index contributed by atoms with van der Waals surface area (Å²) in [4.78, 5) is 14.4. The number of rotatable bonds is 2. The highest BCUT2D eigenvalue weighted by Gasteiger charge is 2.40. The molecule has 0 aromatic rings. The number of morpholine rings is 1. The summed E-state index contributed by atoms with van der Waals surface area (Å²) in [5.74, 6) is 0.276. The van der Waals surface area contributed by atoms with Crippen LogP contribution in [-0.4, -0.2) is 43.7 Å². The van der Waals surface area contributed by atoms with Crippen molar-refractivity contribution in [3.63, 3.8) is 0 Å². The SMILES string of the molecule is Cl.NCC1(C(=O)N2CCOCC2)CCCCC1. The van der Waals surface area contributed by atoms with Gasteiger partial charge in [0.05, 0.1) is 18.6 Å². The summed E-state index contributed by atoms with van der Waals surface area (Å²) in [7, 11) is 0. The van der Waals surface area contributed by atoms with Gasteiger partial charge in [-0.2, -0.15) is 0 Å². The van der Waals surface area contributed by atoms with Crippen molar-refractivity contribution in [3.8, 4) is 0 Å². The monoisotopic (exact) mass is 262 g/mol. The summed E-state index contributed by atoms with van der Waals surface area (Å²) in [5, 5.41) is 0. The first kappa shape index (κ1) is 14.7. The molecule has 2 rings (SSSR count). The molecule has 1 aliphatic heterocycles. The van der Waals surface area contributed by atoms with Crippen LogP contribution in [0.3, 0.4) is 0 Å². The van der Waals surface area contributed by atoms with Crippen LogP contribution in [0.5, 0.6) is 0 Å². The smallest absolute Gasteiger partial charge is 0.230 e. The minimum atomic E-state index is -0.254. The van der Waals surface area contributed by atoms with Crippen molar-refractivity contribution in [2.24, 2.45) is 11.1 Å². The molecule has 4 nitrogen and oxygen atoms in total. The molecule has 100 valence electrons. The molecule has 2 N–H and O–H groups in total. The standard InChI is InChI=1S/C12H22N2O2.ClH/c13-10-12(4-2-1-3-5-12)11(15)14-6-8-16-9-7-14;/h1-10,13H2;1H. The van der Waals surface area contributed by atoms with E-state index in [0.717, 1.165) is 38.8 Å². The first-order chi connectivity index (χ1) is 7.78. The molecule has 0 radical (unpaired) electrons. The Morgan fingerprint density at radius 3 is 2.29 bits per heavy atom. The number of carbonyl (C=O) groups excluding carboxylic acids is 1. The molecule has 0 bridgehead atoms. The fourth-order valence-electron chi connectivity index (χ4n) is 2.84. The number of carbonyl (C=O) groups is 1. The third kappa shape index (κ3) is 3.12. The maximum absolute atomic E-state index is 12.5. The lowest BCUT2D eigenvalue weighted by Gasteiger charge is -2.40. The minimum absolute atomic E-state index is 0. The van der Waals surface area contributed by atoms with Crippen LogP contribution in [0.2, 0.25) is 0 Å². The quantitative estimate of drug-likeness (QED) is 0.813. The summed E-state index contributed by atoms with van der Waals surface area (Å²) in [6.45, 7) is 3.32. The zero-order valence-corrected chi connectivity index (χ0v) is 11.1. The van der Waals surface area contributed by atoms with Gasteiger partial charge in [0.2, 0.25) is 5.91 Å². The van der Waals surface area contributed by atoms with E-state index in [9.17, 15) is 4.79 Å². The third-order valence-corrected chi connectivity index (χ3v) is 3.95. The molecular formula is C12H23ClN2O2. The molecule has 0 unspecified atom stereocenters. The van der Waals surface area contributed by atoms with E-state index in [4.69, 9.17) is 10.5 Å². The maximum Gasteiger partial charge on any atom is 0.230 e. The van der Waals surface area contributed by atoms with Crippen LogP contribution in [0.1, 0.15) is 32.1 Å². The van der Waals surface area contributed by atoms with Crippen LogP contribution in [0, 0.1) is 5.41 Å². The highest BCUT2D eigenvalue weighted by atomic mass is 35.5. The molecule has 0 aromatic carbocycles. The van der Waals surface area contributed by atoms with E-state index in [-0.39, 0.29) is 23.7 Å². The molecule has 0 aromatic heterocycles. The first-order valence-electron chi connectivity index (χ1n) is 6.36. The number of nitrogens with two attached hydrogens (primary N) is 1. The molecule has 0 atom stereocenters. The number of hydrogen-bond donors (Lipinski definition) is 1. The van der Waals surface area contributed by atoms with Gasteiger partial charge in [-0.1, -0.05) is 19.3 Å². The lowest BCUT2D eigenvalue weighted by atomic mass is 9.73. The van der Waals surface area contributed by atoms with Gasteiger partial charge in [0.25, 0.3) is 0 Å². The highest BCUT2D eigenvalue weighted by molar-refractivity contribution is 5.85. The fourth-order valence-corrected chi connectivity index (χ4v) is 2.84. The third-order valence-electron chi connectivity index (χ3n) is 3.95. The largest absolute Gasteiger partial charge is 0.378 e. The molecular weight excluding hydrogens is 240 g/mol. The Labute approximate surface area is 109 Å². The normalized spacial score (nSPS) is 23.9. The van der Waals surface area contributed by atoms with Crippen LogP contribution in [0.15, 0.2) is 0 Å². The maximum atomic E-state index is 12.5. The van der Waals surface area contributed by atoms with Crippen molar-refractivity contribution < 1.29 is 9.53 Å². The van der Waals surface area contributed by atoms with E-state index in [2.05, 4.69) is 0 Å². The average molecular weight is 263 g/mol. The molecule has 1 aliphatic carbocycles. The Morgan fingerprint density at radius 2 is 1.76 bits per heavy atom. The molecule has 2 fully saturated rings. The van der Waals surface area contributed by atoms with Gasteiger partial charge >= 0.3 is 0 Å². The van der Waals surface area contributed by atoms with Gasteiger partial charge in [-0.05, 0) is 12.8 Å². The van der Waals surface area contributed by atoms with Crippen molar-refractivity contribution in [3.05, 3.63) is 0 Å². The Balaban J connectivity index is 0.00000144. The van der Waals surface area contributed by atoms with Crippen molar-refractivity contribution in [1.82, 2.24) is 4.90 Å². The Bertz CT molecular complexity index is 249. The van der Waals surface area contributed by atoms with Crippen LogP contribution in [-0.2, 0) is 9.53 Å². The minimum Gasteiger partial charge on any atom is -0.378 e. The summed E-state index contributed by atoms with van der Waals surface area (Å²) >= 11 is 0. The molecule has 2 aliphatic rings. The van der Waals surface area contributed by atoms with Gasteiger partial charge in [-0.3, -0.25) is 4.79 Å². The fraction of sp³-hybridized carbons (Fsp3) is 0.917. The van der Waals surface area contributed by atoms with Crippen molar-refractivity contribution in [2.45, 2.75) is 32.1 Å². The summed E-state index contributed by atoms with van der Waals surface area (Å²) in [5.41, 5.74) is 5.61. The van der Waals surface area contributed by atoms with Crippen LogP contribution < -0.4 is 5.73 Å². The lowest BCUT2D eigenvalue weighted by Crippen LogP contribution is -2.52. The number of ether oxygens (including phenoxy) is 1. The molecule has 1 saturated carbocycles. The average Bonchev–Trinajstić information content (AvgIpc) is 2.39. The number of nitrogens with zero attached hydrogens (tertiary/aromatic N) is 1. The van der Waals surface area contributed by atoms with Crippen molar-refractivity contribution in [2.75, 3.05) is 32.8 Å². The van der Waals surface area contributed by atoms with E-state index in [1.807, 2.05) is 4.90 Å². The number of halogens is 1. The number of amides is 1. The molecule has 0 spiro atoms. The zero-order chi connectivity index (χ0) is 11.4. The van der Waals surface area contributed by atoms with Crippen LogP contribution in [0.4, 0.5) is 0 Å². The van der Waals surface area contributed by atoms with Gasteiger partial charge in [-0.15, -0.1) is 12.4 Å². The predicted octanol–water partition coefficient (Wildman–Crippen LogP) is 1.18. The predicted molar refractivity (Wildman–Crippen MR) is 69.2 cm³/mol. The molecule has 17 heavy (non-hydrogen) atoms. The highest BCUT2D eigenvalue weighted by Crippen LogP contribution is 2.37. The van der Waals surface area contributed by atoms with E-state index >= 15 is 0 Å². The summed E-state index contributed by atoms with van der Waals surface area (Å²) in [6, 6.07) is 0. The van der Waals surface area contributed by atoms with Gasteiger partial charge in [0.15, 0.2) is 0 Å². The van der Waals surface area contributed by atoms with Gasteiger partial charge < -0.3 is 15.4 Å².